The third-order valence-corrected chi connectivity index (χ3v) is 7.85. The lowest BCUT2D eigenvalue weighted by atomic mass is 10.1. The fourth-order valence-corrected chi connectivity index (χ4v) is 5.47. The first-order valence-electron chi connectivity index (χ1n) is 10.8. The van der Waals surface area contributed by atoms with Crippen LogP contribution in [0, 0.1) is 0 Å². The SMILES string of the molecule is CCN(CC)S(=O)(=O)c1ccc(NC(=O)c2ccc3c(=O)n4c(nc3c2)CCCC4)cc1. The lowest BCUT2D eigenvalue weighted by molar-refractivity contribution is 0.102. The number of anilines is 1. The largest absolute Gasteiger partial charge is 0.322 e. The molecule has 1 amide bonds. The van der Waals surface area contributed by atoms with Crippen molar-refractivity contribution in [1.29, 1.82) is 0 Å². The summed E-state index contributed by atoms with van der Waals surface area (Å²) in [6.45, 7) is 5.04. The summed E-state index contributed by atoms with van der Waals surface area (Å²) in [5, 5.41) is 3.28. The van der Waals surface area contributed by atoms with E-state index >= 15 is 0 Å². The van der Waals surface area contributed by atoms with Crippen LogP contribution in [0.4, 0.5) is 5.69 Å². The molecule has 2 aromatic carbocycles. The van der Waals surface area contributed by atoms with Gasteiger partial charge < -0.3 is 5.32 Å². The van der Waals surface area contributed by atoms with Crippen molar-refractivity contribution in [3.05, 3.63) is 64.2 Å². The zero-order valence-corrected chi connectivity index (χ0v) is 19.0. The Bertz CT molecular complexity index is 1330. The minimum absolute atomic E-state index is 0.0679. The molecule has 0 spiro atoms. The van der Waals surface area contributed by atoms with Gasteiger partial charge in [-0.2, -0.15) is 4.31 Å². The van der Waals surface area contributed by atoms with E-state index in [4.69, 9.17) is 0 Å². The number of carbonyl (C=O) groups excluding carboxylic acids is 1. The lowest BCUT2D eigenvalue weighted by Crippen LogP contribution is -2.30. The van der Waals surface area contributed by atoms with Gasteiger partial charge >= 0.3 is 0 Å². The molecule has 32 heavy (non-hydrogen) atoms. The standard InChI is InChI=1S/C23H26N4O4S/c1-3-26(4-2)32(30,31)18-11-9-17(10-12-18)24-22(28)16-8-13-19-20(15-16)25-21-7-5-6-14-27(21)23(19)29/h8-13,15H,3-7,14H2,1-2H3,(H,24,28). The molecule has 4 rings (SSSR count). The van der Waals surface area contributed by atoms with Crippen LogP contribution < -0.4 is 10.9 Å². The Morgan fingerprint density at radius 3 is 2.50 bits per heavy atom. The van der Waals surface area contributed by atoms with E-state index in [2.05, 4.69) is 10.3 Å². The molecule has 1 N–H and O–H groups in total. The highest BCUT2D eigenvalue weighted by atomic mass is 32.2. The van der Waals surface area contributed by atoms with E-state index in [1.807, 2.05) is 0 Å². The molecule has 0 fully saturated rings. The fraction of sp³-hybridized carbons (Fsp3) is 0.348. The second-order valence-corrected chi connectivity index (χ2v) is 9.68. The van der Waals surface area contributed by atoms with Crippen LogP contribution >= 0.6 is 0 Å². The van der Waals surface area contributed by atoms with Gasteiger partial charge in [-0.3, -0.25) is 14.2 Å². The molecule has 0 atom stereocenters. The van der Waals surface area contributed by atoms with E-state index < -0.39 is 10.0 Å². The quantitative estimate of drug-likeness (QED) is 0.617. The van der Waals surface area contributed by atoms with Gasteiger partial charge in [0.15, 0.2) is 0 Å². The Kier molecular flexibility index (Phi) is 6.12. The third-order valence-electron chi connectivity index (χ3n) is 5.78. The molecule has 168 valence electrons. The lowest BCUT2D eigenvalue weighted by Gasteiger charge is -2.18. The first-order valence-corrected chi connectivity index (χ1v) is 12.2. The van der Waals surface area contributed by atoms with Gasteiger partial charge in [-0.05, 0) is 55.3 Å². The summed E-state index contributed by atoms with van der Waals surface area (Å²) in [5.74, 6) is 0.405. The van der Waals surface area contributed by atoms with Gasteiger partial charge in [-0.25, -0.2) is 13.4 Å². The smallest absolute Gasteiger partial charge is 0.261 e. The molecule has 0 unspecified atom stereocenters. The molecule has 1 aliphatic rings. The molecule has 0 saturated heterocycles. The van der Waals surface area contributed by atoms with Crippen LogP contribution in [-0.2, 0) is 23.0 Å². The van der Waals surface area contributed by atoms with E-state index in [1.54, 1.807) is 48.7 Å². The molecule has 2 heterocycles. The Morgan fingerprint density at radius 1 is 1.09 bits per heavy atom. The molecule has 8 nitrogen and oxygen atoms in total. The van der Waals surface area contributed by atoms with Crippen LogP contribution in [0.5, 0.6) is 0 Å². The van der Waals surface area contributed by atoms with Crippen molar-refractivity contribution < 1.29 is 13.2 Å². The second kappa shape index (κ2) is 8.84. The number of aromatic nitrogens is 2. The topological polar surface area (TPSA) is 101 Å². The van der Waals surface area contributed by atoms with Crippen LogP contribution in [0.2, 0.25) is 0 Å². The Labute approximate surface area is 186 Å². The summed E-state index contributed by atoms with van der Waals surface area (Å²) in [6.07, 6.45) is 2.72. The molecule has 3 aromatic rings. The summed E-state index contributed by atoms with van der Waals surface area (Å²) in [7, 11) is -3.55. The number of carbonyl (C=O) groups is 1. The van der Waals surface area contributed by atoms with Crippen molar-refractivity contribution in [3.63, 3.8) is 0 Å². The van der Waals surface area contributed by atoms with E-state index in [1.165, 1.54) is 16.4 Å². The molecule has 0 saturated carbocycles. The molecule has 9 heteroatoms. The third kappa shape index (κ3) is 4.05. The fourth-order valence-electron chi connectivity index (χ4n) is 4.01. The molecular weight excluding hydrogens is 428 g/mol. The summed E-state index contributed by atoms with van der Waals surface area (Å²) >= 11 is 0. The number of fused-ring (bicyclic) bond motifs is 2. The number of nitrogens with zero attached hydrogens (tertiary/aromatic N) is 3. The molecule has 0 aliphatic carbocycles. The average Bonchev–Trinajstić information content (AvgIpc) is 2.80. The van der Waals surface area contributed by atoms with E-state index in [-0.39, 0.29) is 16.4 Å². The highest BCUT2D eigenvalue weighted by Crippen LogP contribution is 2.20. The van der Waals surface area contributed by atoms with Crippen LogP contribution in [0.15, 0.2) is 52.2 Å². The Balaban J connectivity index is 1.57. The predicted octanol–water partition coefficient (Wildman–Crippen LogP) is 3.02. The Hall–Kier alpha value is -3.04. The zero-order valence-electron chi connectivity index (χ0n) is 18.2. The molecule has 1 aromatic heterocycles. The van der Waals surface area contributed by atoms with Gasteiger partial charge in [0.2, 0.25) is 10.0 Å². The minimum atomic E-state index is -3.55. The maximum atomic E-state index is 12.8. The minimum Gasteiger partial charge on any atom is -0.322 e. The highest BCUT2D eigenvalue weighted by Gasteiger charge is 2.21. The number of nitrogens with one attached hydrogen (secondary N) is 1. The Morgan fingerprint density at radius 2 is 1.81 bits per heavy atom. The number of rotatable bonds is 6. The van der Waals surface area contributed by atoms with Crippen molar-refractivity contribution >= 4 is 32.5 Å². The van der Waals surface area contributed by atoms with Crippen LogP contribution in [-0.4, -0.2) is 41.3 Å². The number of hydrogen-bond donors (Lipinski definition) is 1. The monoisotopic (exact) mass is 454 g/mol. The van der Waals surface area contributed by atoms with Gasteiger partial charge in [0, 0.05) is 37.3 Å². The summed E-state index contributed by atoms with van der Waals surface area (Å²) < 4.78 is 28.3. The summed E-state index contributed by atoms with van der Waals surface area (Å²) in [6, 6.07) is 11.0. The number of benzene rings is 2. The zero-order chi connectivity index (χ0) is 22.9. The van der Waals surface area contributed by atoms with Crippen molar-refractivity contribution in [2.24, 2.45) is 0 Å². The van der Waals surface area contributed by atoms with Crippen LogP contribution in [0.25, 0.3) is 10.9 Å². The summed E-state index contributed by atoms with van der Waals surface area (Å²) in [5.41, 5.74) is 1.30. The van der Waals surface area contributed by atoms with Gasteiger partial charge in [-0.1, -0.05) is 13.8 Å². The first kappa shape index (κ1) is 22.2. The van der Waals surface area contributed by atoms with Gasteiger partial charge in [0.1, 0.15) is 5.82 Å². The van der Waals surface area contributed by atoms with Gasteiger partial charge in [0.05, 0.1) is 15.8 Å². The van der Waals surface area contributed by atoms with Crippen LogP contribution in [0.1, 0.15) is 42.9 Å². The molecule has 0 radical (unpaired) electrons. The van der Waals surface area contributed by atoms with Crippen molar-refractivity contribution in [2.75, 3.05) is 18.4 Å². The summed E-state index contributed by atoms with van der Waals surface area (Å²) in [4.78, 5) is 30.3. The van der Waals surface area contributed by atoms with Gasteiger partial charge in [0.25, 0.3) is 11.5 Å². The van der Waals surface area contributed by atoms with Gasteiger partial charge in [-0.15, -0.1) is 0 Å². The maximum absolute atomic E-state index is 12.8. The number of hydrogen-bond acceptors (Lipinski definition) is 5. The van der Waals surface area contributed by atoms with Crippen molar-refractivity contribution in [2.45, 2.75) is 44.6 Å². The van der Waals surface area contributed by atoms with Crippen LogP contribution in [0.3, 0.4) is 0 Å². The van der Waals surface area contributed by atoms with E-state index in [0.29, 0.717) is 41.8 Å². The van der Waals surface area contributed by atoms with Crippen molar-refractivity contribution in [3.8, 4) is 0 Å². The second-order valence-electron chi connectivity index (χ2n) is 7.74. The normalized spacial score (nSPS) is 13.8. The molecular formula is C23H26N4O4S. The molecule has 0 bridgehead atoms. The number of aryl methyl sites for hydroxylation is 1. The van der Waals surface area contributed by atoms with E-state index in [0.717, 1.165) is 25.1 Å². The molecule has 1 aliphatic heterocycles. The predicted molar refractivity (Wildman–Crippen MR) is 123 cm³/mol. The average molecular weight is 455 g/mol. The maximum Gasteiger partial charge on any atom is 0.261 e. The first-order chi connectivity index (χ1) is 15.3. The van der Waals surface area contributed by atoms with E-state index in [9.17, 15) is 18.0 Å². The number of sulfonamides is 1. The highest BCUT2D eigenvalue weighted by molar-refractivity contribution is 7.89. The number of amides is 1. The van der Waals surface area contributed by atoms with Crippen molar-refractivity contribution in [1.82, 2.24) is 13.9 Å².